The van der Waals surface area contributed by atoms with Gasteiger partial charge in [-0.1, -0.05) is 12.1 Å². The maximum Gasteiger partial charge on any atom is 0.324 e. The molecule has 2 aromatic rings. The van der Waals surface area contributed by atoms with Crippen molar-refractivity contribution < 1.29 is 14.3 Å². The van der Waals surface area contributed by atoms with Gasteiger partial charge in [0.15, 0.2) is 0 Å². The monoisotopic (exact) mass is 384 g/mol. The fourth-order valence-corrected chi connectivity index (χ4v) is 4.08. The first-order chi connectivity index (χ1) is 13.6. The molecule has 4 atom stereocenters. The molecule has 1 amide bonds. The topological polar surface area (TPSA) is 110 Å². The van der Waals surface area contributed by atoms with Gasteiger partial charge < -0.3 is 10.1 Å². The Morgan fingerprint density at radius 1 is 1.25 bits per heavy atom. The van der Waals surface area contributed by atoms with Crippen molar-refractivity contribution in [2.75, 3.05) is 7.11 Å². The normalized spacial score (nSPS) is 26.5. The molecule has 0 spiro atoms. The summed E-state index contributed by atoms with van der Waals surface area (Å²) in [7, 11) is 1.39. The number of hydrogen-bond donors (Lipinski definition) is 3. The van der Waals surface area contributed by atoms with Crippen molar-refractivity contribution in [1.29, 1.82) is 0 Å². The van der Waals surface area contributed by atoms with E-state index in [0.29, 0.717) is 12.1 Å². The summed E-state index contributed by atoms with van der Waals surface area (Å²) in [5, 5.41) is 7.20. The number of hydrazine groups is 1. The second kappa shape index (κ2) is 8.07. The summed E-state index contributed by atoms with van der Waals surface area (Å²) in [5.74, 6) is -0.254. The molecule has 1 aromatic carbocycles. The minimum absolute atomic E-state index is 0.0393. The molecule has 9 nitrogen and oxygen atoms in total. The van der Waals surface area contributed by atoms with Crippen molar-refractivity contribution in [3.8, 4) is 0 Å². The van der Waals surface area contributed by atoms with Crippen LogP contribution in [0.5, 0.6) is 0 Å². The third-order valence-corrected chi connectivity index (χ3v) is 5.57. The van der Waals surface area contributed by atoms with Crippen LogP contribution in [0.3, 0.4) is 0 Å². The molecule has 1 aromatic heterocycles. The van der Waals surface area contributed by atoms with Gasteiger partial charge in [-0.25, -0.2) is 15.1 Å². The number of carbonyl (C=O) groups excluding carboxylic acids is 2. The molecule has 4 rings (SSSR count). The van der Waals surface area contributed by atoms with Gasteiger partial charge in [0.25, 0.3) is 5.91 Å². The van der Waals surface area contributed by atoms with Crippen LogP contribution in [0.15, 0.2) is 36.9 Å². The summed E-state index contributed by atoms with van der Waals surface area (Å²) in [6.45, 7) is 0.614. The van der Waals surface area contributed by atoms with Crippen molar-refractivity contribution in [2.24, 2.45) is 5.92 Å². The smallest absolute Gasteiger partial charge is 0.324 e. The SMILES string of the molecule is COC(=O)C1NNC2CCC(NC(=O)c3ccc(Cn4cncn4)cc3)CC21. The molecule has 2 fully saturated rings. The number of carbonyl (C=O) groups is 2. The molecule has 1 saturated heterocycles. The number of methoxy groups -OCH3 is 1. The van der Waals surface area contributed by atoms with Crippen molar-refractivity contribution in [1.82, 2.24) is 30.9 Å². The van der Waals surface area contributed by atoms with Gasteiger partial charge >= 0.3 is 5.97 Å². The molecule has 1 saturated carbocycles. The molecule has 9 heteroatoms. The van der Waals surface area contributed by atoms with E-state index >= 15 is 0 Å². The summed E-state index contributed by atoms with van der Waals surface area (Å²) in [6, 6.07) is 7.39. The van der Waals surface area contributed by atoms with Crippen LogP contribution in [0.4, 0.5) is 0 Å². The lowest BCUT2D eigenvalue weighted by Gasteiger charge is -2.32. The molecule has 148 valence electrons. The summed E-state index contributed by atoms with van der Waals surface area (Å²) in [6.07, 6.45) is 5.66. The standard InChI is InChI=1S/C19H24N6O3/c1-28-19(27)17-15-8-14(6-7-16(15)23-24-17)22-18(26)13-4-2-12(3-5-13)9-25-11-20-10-21-25/h2-5,10-11,14-17,23-24H,6-9H2,1H3,(H,22,26). The summed E-state index contributed by atoms with van der Waals surface area (Å²) in [5.41, 5.74) is 7.88. The minimum atomic E-state index is -0.370. The maximum atomic E-state index is 12.6. The van der Waals surface area contributed by atoms with E-state index in [2.05, 4.69) is 26.3 Å². The number of hydrogen-bond acceptors (Lipinski definition) is 7. The maximum absolute atomic E-state index is 12.6. The average Bonchev–Trinajstić information content (AvgIpc) is 3.37. The fourth-order valence-electron chi connectivity index (χ4n) is 4.08. The van der Waals surface area contributed by atoms with E-state index in [1.54, 1.807) is 11.0 Å². The Hall–Kier alpha value is -2.78. The number of nitrogens with one attached hydrogen (secondary N) is 3. The lowest BCUT2D eigenvalue weighted by Crippen LogP contribution is -2.46. The highest BCUT2D eigenvalue weighted by Gasteiger charge is 2.44. The van der Waals surface area contributed by atoms with Gasteiger partial charge in [-0.15, -0.1) is 0 Å². The molecule has 2 aliphatic rings. The Morgan fingerprint density at radius 3 is 2.79 bits per heavy atom. The first-order valence-corrected chi connectivity index (χ1v) is 9.45. The second-order valence-corrected chi connectivity index (χ2v) is 7.33. The Kier molecular flexibility index (Phi) is 5.36. The van der Waals surface area contributed by atoms with Crippen LogP contribution < -0.4 is 16.2 Å². The van der Waals surface area contributed by atoms with Crippen LogP contribution in [-0.4, -0.2) is 51.9 Å². The second-order valence-electron chi connectivity index (χ2n) is 7.33. The van der Waals surface area contributed by atoms with Crippen LogP contribution in [-0.2, 0) is 16.1 Å². The number of aromatic nitrogens is 3. The molecule has 1 aliphatic carbocycles. The molecule has 0 radical (unpaired) electrons. The first kappa shape index (κ1) is 18.6. The Balaban J connectivity index is 1.35. The Bertz CT molecular complexity index is 823. The predicted molar refractivity (Wildman–Crippen MR) is 100 cm³/mol. The van der Waals surface area contributed by atoms with Gasteiger partial charge in [0.1, 0.15) is 18.7 Å². The van der Waals surface area contributed by atoms with Gasteiger partial charge in [-0.05, 0) is 37.0 Å². The van der Waals surface area contributed by atoms with Crippen LogP contribution in [0.2, 0.25) is 0 Å². The van der Waals surface area contributed by atoms with E-state index < -0.39 is 0 Å². The van der Waals surface area contributed by atoms with Gasteiger partial charge in [-0.3, -0.25) is 15.0 Å². The molecular weight excluding hydrogens is 360 g/mol. The van der Waals surface area contributed by atoms with Crippen molar-refractivity contribution in [2.45, 2.75) is 43.9 Å². The molecule has 3 N–H and O–H groups in total. The van der Waals surface area contributed by atoms with Gasteiger partial charge in [-0.2, -0.15) is 5.10 Å². The van der Waals surface area contributed by atoms with E-state index in [1.807, 2.05) is 24.3 Å². The molecule has 2 heterocycles. The van der Waals surface area contributed by atoms with Gasteiger partial charge in [0.05, 0.1) is 13.7 Å². The molecule has 1 aliphatic heterocycles. The zero-order valence-corrected chi connectivity index (χ0v) is 15.7. The highest BCUT2D eigenvalue weighted by molar-refractivity contribution is 5.94. The highest BCUT2D eigenvalue weighted by Crippen LogP contribution is 2.31. The van der Waals surface area contributed by atoms with E-state index in [-0.39, 0.29) is 35.9 Å². The van der Waals surface area contributed by atoms with Crippen LogP contribution in [0, 0.1) is 5.92 Å². The third-order valence-electron chi connectivity index (χ3n) is 5.57. The van der Waals surface area contributed by atoms with Gasteiger partial charge in [0, 0.05) is 23.6 Å². The summed E-state index contributed by atoms with van der Waals surface area (Å²) in [4.78, 5) is 28.5. The van der Waals surface area contributed by atoms with Crippen LogP contribution in [0.25, 0.3) is 0 Å². The van der Waals surface area contributed by atoms with Crippen LogP contribution in [0.1, 0.15) is 35.2 Å². The number of benzene rings is 1. The number of nitrogens with zero attached hydrogens (tertiary/aromatic N) is 3. The lowest BCUT2D eigenvalue weighted by atomic mass is 9.79. The zero-order valence-electron chi connectivity index (χ0n) is 15.7. The molecule has 0 bridgehead atoms. The molecule has 28 heavy (non-hydrogen) atoms. The average molecular weight is 384 g/mol. The van der Waals surface area contributed by atoms with Crippen LogP contribution >= 0.6 is 0 Å². The summed E-state index contributed by atoms with van der Waals surface area (Å²) >= 11 is 0. The third kappa shape index (κ3) is 3.90. The quantitative estimate of drug-likeness (QED) is 0.634. The van der Waals surface area contributed by atoms with Crippen molar-refractivity contribution in [3.63, 3.8) is 0 Å². The summed E-state index contributed by atoms with van der Waals surface area (Å²) < 4.78 is 6.61. The van der Waals surface area contributed by atoms with Crippen molar-refractivity contribution in [3.05, 3.63) is 48.0 Å². The molecular formula is C19H24N6O3. The predicted octanol–water partition coefficient (Wildman–Crippen LogP) is 0.243. The van der Waals surface area contributed by atoms with E-state index in [9.17, 15) is 9.59 Å². The lowest BCUT2D eigenvalue weighted by molar-refractivity contribution is -0.144. The Morgan fingerprint density at radius 2 is 2.07 bits per heavy atom. The molecule has 4 unspecified atom stereocenters. The number of esters is 1. The van der Waals surface area contributed by atoms with E-state index in [1.165, 1.54) is 13.4 Å². The Labute approximate surface area is 162 Å². The minimum Gasteiger partial charge on any atom is -0.468 e. The fraction of sp³-hybridized carbons (Fsp3) is 0.474. The highest BCUT2D eigenvalue weighted by atomic mass is 16.5. The number of fused-ring (bicyclic) bond motifs is 1. The number of rotatable bonds is 5. The zero-order chi connectivity index (χ0) is 19.5. The number of ether oxygens (including phenoxy) is 1. The largest absolute Gasteiger partial charge is 0.468 e. The van der Waals surface area contributed by atoms with E-state index in [4.69, 9.17) is 4.74 Å². The van der Waals surface area contributed by atoms with E-state index in [0.717, 1.165) is 24.8 Å². The number of amides is 1. The van der Waals surface area contributed by atoms with Crippen molar-refractivity contribution >= 4 is 11.9 Å². The first-order valence-electron chi connectivity index (χ1n) is 9.45. The van der Waals surface area contributed by atoms with Gasteiger partial charge in [0.2, 0.25) is 0 Å².